The first-order chi connectivity index (χ1) is 20.3. The Kier molecular flexibility index (Phi) is 10.8. The van der Waals surface area contributed by atoms with Gasteiger partial charge in [-0.1, -0.05) is 79.7 Å². The van der Waals surface area contributed by atoms with E-state index in [0.717, 1.165) is 11.1 Å². The molecule has 0 bridgehead atoms. The topological polar surface area (TPSA) is 123 Å². The fraction of sp³-hybridized carbons (Fsp3) is 0.303. The zero-order chi connectivity index (χ0) is 29.9. The van der Waals surface area contributed by atoms with Crippen molar-refractivity contribution in [2.75, 3.05) is 19.6 Å². The lowest BCUT2D eigenvalue weighted by atomic mass is 9.90. The van der Waals surface area contributed by atoms with Crippen molar-refractivity contribution >= 4 is 23.8 Å². The minimum atomic E-state index is -0.648. The maximum Gasteiger partial charge on any atom is 0.244 e. The molecular weight excluding hydrogens is 531 g/mol. The van der Waals surface area contributed by atoms with Crippen LogP contribution in [0.25, 0.3) is 6.08 Å². The number of nitrogens with two attached hydrogens (primary N) is 1. The molecule has 220 valence electrons. The van der Waals surface area contributed by atoms with Crippen molar-refractivity contribution in [1.29, 1.82) is 5.41 Å². The molecule has 3 atom stereocenters. The number of carbonyl (C=O) groups excluding carboxylic acids is 2. The van der Waals surface area contributed by atoms with Crippen molar-refractivity contribution in [3.8, 4) is 0 Å². The summed E-state index contributed by atoms with van der Waals surface area (Å²) in [5.74, 6) is -0.914. The molecule has 8 nitrogen and oxygen atoms in total. The Bertz CT molecular complexity index is 1310. The zero-order valence-electron chi connectivity index (χ0n) is 23.8. The van der Waals surface area contributed by atoms with E-state index in [0.29, 0.717) is 38.0 Å². The van der Waals surface area contributed by atoms with Gasteiger partial charge in [0.25, 0.3) is 0 Å². The molecule has 0 saturated carbocycles. The van der Waals surface area contributed by atoms with E-state index < -0.39 is 12.1 Å². The Morgan fingerprint density at radius 2 is 1.69 bits per heavy atom. The van der Waals surface area contributed by atoms with Gasteiger partial charge in [-0.15, -0.1) is 0 Å². The van der Waals surface area contributed by atoms with E-state index in [1.165, 1.54) is 18.2 Å². The van der Waals surface area contributed by atoms with Gasteiger partial charge in [0.15, 0.2) is 5.96 Å². The maximum atomic E-state index is 14.1. The molecule has 1 saturated heterocycles. The molecule has 4 rings (SSSR count). The van der Waals surface area contributed by atoms with Crippen molar-refractivity contribution in [2.45, 2.75) is 43.8 Å². The van der Waals surface area contributed by atoms with Crippen LogP contribution in [0.3, 0.4) is 0 Å². The standard InChI is InChI=1S/C33H39FN6O2/c1-2-29(39-33(35)36)31-32(42)40(22-28(24-9-5-3-6-10-24)25-11-7-4-8-12-25)20-19-27(38-31)21-37-30(41)18-15-23-13-16-26(34)17-14-23/h3-18,27-29,31,38H,2,19-22H2,1H3,(H,37,41)(H4,35,36,39)/b18-15+/t27-,29?,31-/m0/s1. The van der Waals surface area contributed by atoms with Gasteiger partial charge in [-0.2, -0.15) is 0 Å². The lowest BCUT2D eigenvalue weighted by Gasteiger charge is -2.32. The zero-order valence-corrected chi connectivity index (χ0v) is 23.8. The van der Waals surface area contributed by atoms with Crippen LogP contribution in [-0.4, -0.2) is 60.4 Å². The van der Waals surface area contributed by atoms with Crippen LogP contribution in [0.5, 0.6) is 0 Å². The Morgan fingerprint density at radius 1 is 1.07 bits per heavy atom. The van der Waals surface area contributed by atoms with E-state index in [1.54, 1.807) is 18.2 Å². The predicted molar refractivity (Wildman–Crippen MR) is 164 cm³/mol. The largest absolute Gasteiger partial charge is 0.370 e. The van der Waals surface area contributed by atoms with Crippen LogP contribution in [0.1, 0.15) is 42.4 Å². The molecule has 1 fully saturated rings. The number of hydrogen-bond acceptors (Lipinski definition) is 4. The number of carbonyl (C=O) groups is 2. The second kappa shape index (κ2) is 14.9. The molecule has 42 heavy (non-hydrogen) atoms. The normalized spacial score (nSPS) is 18.1. The Morgan fingerprint density at radius 3 is 2.26 bits per heavy atom. The van der Waals surface area contributed by atoms with Gasteiger partial charge in [-0.3, -0.25) is 20.3 Å². The number of guanidine groups is 1. The highest BCUT2D eigenvalue weighted by Crippen LogP contribution is 2.27. The van der Waals surface area contributed by atoms with Gasteiger partial charge >= 0.3 is 0 Å². The first kappa shape index (κ1) is 30.5. The maximum absolute atomic E-state index is 14.1. The second-order valence-electron chi connectivity index (χ2n) is 10.5. The average molecular weight is 571 g/mol. The van der Waals surface area contributed by atoms with Gasteiger partial charge in [-0.25, -0.2) is 4.39 Å². The van der Waals surface area contributed by atoms with E-state index in [9.17, 15) is 14.0 Å². The number of nitrogens with zero attached hydrogens (tertiary/aromatic N) is 1. The first-order valence-corrected chi connectivity index (χ1v) is 14.3. The fourth-order valence-electron chi connectivity index (χ4n) is 5.30. The number of nitrogens with one attached hydrogen (secondary N) is 4. The summed E-state index contributed by atoms with van der Waals surface area (Å²) in [6.07, 6.45) is 4.23. The lowest BCUT2D eigenvalue weighted by Crippen LogP contribution is -2.60. The predicted octanol–water partition coefficient (Wildman–Crippen LogP) is 3.61. The fourth-order valence-corrected chi connectivity index (χ4v) is 5.30. The highest BCUT2D eigenvalue weighted by atomic mass is 19.1. The third-order valence-corrected chi connectivity index (χ3v) is 7.55. The Hall–Kier alpha value is -4.50. The van der Waals surface area contributed by atoms with E-state index in [-0.39, 0.29) is 35.6 Å². The molecular formula is C33H39FN6O2. The van der Waals surface area contributed by atoms with Gasteiger partial charge in [-0.05, 0) is 47.7 Å². The minimum Gasteiger partial charge on any atom is -0.370 e. The highest BCUT2D eigenvalue weighted by molar-refractivity contribution is 5.91. The smallest absolute Gasteiger partial charge is 0.244 e. The molecule has 1 aliphatic heterocycles. The molecule has 1 aliphatic rings. The molecule has 3 aromatic carbocycles. The highest BCUT2D eigenvalue weighted by Gasteiger charge is 2.37. The second-order valence-corrected chi connectivity index (χ2v) is 10.5. The third-order valence-electron chi connectivity index (χ3n) is 7.55. The molecule has 0 aliphatic carbocycles. The molecule has 0 aromatic heterocycles. The molecule has 2 amide bonds. The van der Waals surface area contributed by atoms with E-state index in [1.807, 2.05) is 48.2 Å². The average Bonchev–Trinajstić information content (AvgIpc) is 3.16. The van der Waals surface area contributed by atoms with E-state index >= 15 is 0 Å². The van der Waals surface area contributed by atoms with Crippen molar-refractivity contribution < 1.29 is 14.0 Å². The Labute approximate surface area is 246 Å². The molecule has 6 N–H and O–H groups in total. The summed E-state index contributed by atoms with van der Waals surface area (Å²) in [5.41, 5.74) is 8.64. The minimum absolute atomic E-state index is 0.0225. The van der Waals surface area contributed by atoms with Crippen LogP contribution >= 0.6 is 0 Å². The first-order valence-electron chi connectivity index (χ1n) is 14.3. The Balaban J connectivity index is 1.52. The molecule has 0 radical (unpaired) electrons. The molecule has 3 aromatic rings. The number of hydrogen-bond donors (Lipinski definition) is 5. The SMILES string of the molecule is CCC(NC(=N)N)[C@@H]1N[C@H](CNC(=O)/C=C/c2ccc(F)cc2)CCN(CC(c2ccccc2)c2ccccc2)C1=O. The number of rotatable bonds is 11. The van der Waals surface area contributed by atoms with Crippen molar-refractivity contribution in [3.05, 3.63) is 114 Å². The van der Waals surface area contributed by atoms with Gasteiger partial charge in [0.05, 0.1) is 6.04 Å². The van der Waals surface area contributed by atoms with E-state index in [2.05, 4.69) is 40.2 Å². The summed E-state index contributed by atoms with van der Waals surface area (Å²) < 4.78 is 13.2. The van der Waals surface area contributed by atoms with Crippen LogP contribution in [0.4, 0.5) is 4.39 Å². The summed E-state index contributed by atoms with van der Waals surface area (Å²) in [6, 6.07) is 25.0. The van der Waals surface area contributed by atoms with Crippen LogP contribution < -0.4 is 21.7 Å². The summed E-state index contributed by atoms with van der Waals surface area (Å²) >= 11 is 0. The molecule has 1 heterocycles. The summed E-state index contributed by atoms with van der Waals surface area (Å²) in [4.78, 5) is 28.6. The third kappa shape index (κ3) is 8.50. The summed E-state index contributed by atoms with van der Waals surface area (Å²) in [7, 11) is 0. The molecule has 1 unspecified atom stereocenters. The van der Waals surface area contributed by atoms with Gasteiger partial charge < -0.3 is 21.3 Å². The number of amides is 2. The van der Waals surface area contributed by atoms with Gasteiger partial charge in [0.2, 0.25) is 11.8 Å². The van der Waals surface area contributed by atoms with Crippen molar-refractivity contribution in [1.82, 2.24) is 20.9 Å². The van der Waals surface area contributed by atoms with Crippen molar-refractivity contribution in [2.24, 2.45) is 5.73 Å². The monoisotopic (exact) mass is 570 g/mol. The van der Waals surface area contributed by atoms with Crippen molar-refractivity contribution in [3.63, 3.8) is 0 Å². The van der Waals surface area contributed by atoms with Crippen LogP contribution in [-0.2, 0) is 9.59 Å². The van der Waals surface area contributed by atoms with Crippen LogP contribution in [0, 0.1) is 11.2 Å². The summed E-state index contributed by atoms with van der Waals surface area (Å²) in [5, 5.41) is 17.1. The summed E-state index contributed by atoms with van der Waals surface area (Å²) in [6.45, 7) is 3.24. The number of benzene rings is 3. The van der Waals surface area contributed by atoms with E-state index in [4.69, 9.17) is 11.1 Å². The van der Waals surface area contributed by atoms with Crippen LogP contribution in [0.15, 0.2) is 91.0 Å². The quantitative estimate of drug-likeness (QED) is 0.137. The molecule has 0 spiro atoms. The van der Waals surface area contributed by atoms with Gasteiger partial charge in [0.1, 0.15) is 11.9 Å². The van der Waals surface area contributed by atoms with Gasteiger partial charge in [0, 0.05) is 37.7 Å². The molecule has 9 heteroatoms. The number of halogens is 1. The van der Waals surface area contributed by atoms with Crippen LogP contribution in [0.2, 0.25) is 0 Å². The lowest BCUT2D eigenvalue weighted by molar-refractivity contribution is -0.133.